The van der Waals surface area contributed by atoms with Crippen LogP contribution in [0, 0.1) is 5.92 Å². The summed E-state index contributed by atoms with van der Waals surface area (Å²) in [7, 11) is 1.74. The van der Waals surface area contributed by atoms with E-state index >= 15 is 0 Å². The van der Waals surface area contributed by atoms with Crippen LogP contribution in [-0.4, -0.2) is 28.0 Å². The summed E-state index contributed by atoms with van der Waals surface area (Å²) in [6.45, 7) is 0. The Morgan fingerprint density at radius 3 is 2.77 bits per heavy atom. The van der Waals surface area contributed by atoms with Gasteiger partial charge in [0.25, 0.3) is 0 Å². The number of methoxy groups -OCH3 is 1. The summed E-state index contributed by atoms with van der Waals surface area (Å²) in [4.78, 5) is 4.08. The smallest absolute Gasteiger partial charge is 0.137 e. The molecule has 0 saturated heterocycles. The maximum Gasteiger partial charge on any atom is 0.137 e. The molecule has 1 aromatic carbocycles. The summed E-state index contributed by atoms with van der Waals surface area (Å²) < 4.78 is 7.67. The minimum Gasteiger partial charge on any atom is -0.378 e. The first-order valence-electron chi connectivity index (χ1n) is 7.24. The SMILES string of the molecule is COC(C1C=CC=C1)C(Cc1cccc(Cl)c1)n1cncn1. The number of rotatable bonds is 6. The lowest BCUT2D eigenvalue weighted by atomic mass is 9.92. The summed E-state index contributed by atoms with van der Waals surface area (Å²) in [5.41, 5.74) is 1.15. The number of hydrogen-bond acceptors (Lipinski definition) is 3. The Morgan fingerprint density at radius 1 is 1.32 bits per heavy atom. The maximum absolute atomic E-state index is 6.11. The third-order valence-corrected chi connectivity index (χ3v) is 4.15. The number of hydrogen-bond donors (Lipinski definition) is 0. The normalized spacial score (nSPS) is 17.0. The molecule has 1 aromatic heterocycles. The molecule has 5 heteroatoms. The van der Waals surface area contributed by atoms with Crippen molar-refractivity contribution < 1.29 is 4.74 Å². The standard InChI is InChI=1S/C17H18ClN3O/c1-22-17(14-6-2-3-7-14)16(21-12-19-11-20-21)10-13-5-4-8-15(18)9-13/h2-9,11-12,14,16-17H,10H2,1H3. The second kappa shape index (κ2) is 6.90. The molecule has 114 valence electrons. The minimum absolute atomic E-state index is 0.0179. The van der Waals surface area contributed by atoms with E-state index in [0.29, 0.717) is 0 Å². The van der Waals surface area contributed by atoms with Crippen LogP contribution in [0.2, 0.25) is 5.02 Å². The zero-order valence-corrected chi connectivity index (χ0v) is 13.1. The molecule has 0 fully saturated rings. The van der Waals surface area contributed by atoms with Gasteiger partial charge in [-0.1, -0.05) is 48.0 Å². The van der Waals surface area contributed by atoms with Crippen molar-refractivity contribution in [3.05, 3.63) is 71.8 Å². The highest BCUT2D eigenvalue weighted by Crippen LogP contribution is 2.29. The lowest BCUT2D eigenvalue weighted by Gasteiger charge is -2.29. The molecule has 22 heavy (non-hydrogen) atoms. The molecule has 0 bridgehead atoms. The number of aromatic nitrogens is 3. The fraction of sp³-hybridized carbons (Fsp3) is 0.294. The van der Waals surface area contributed by atoms with Crippen LogP contribution < -0.4 is 0 Å². The van der Waals surface area contributed by atoms with Gasteiger partial charge in [0.2, 0.25) is 0 Å². The fourth-order valence-corrected chi connectivity index (χ4v) is 3.11. The van der Waals surface area contributed by atoms with Gasteiger partial charge in [0.05, 0.1) is 12.1 Å². The molecule has 2 aromatic rings. The van der Waals surface area contributed by atoms with Gasteiger partial charge in [0.1, 0.15) is 12.7 Å². The summed E-state index contributed by atoms with van der Waals surface area (Å²) in [5.74, 6) is 0.235. The molecule has 0 spiro atoms. The number of ether oxygens (including phenoxy) is 1. The quantitative estimate of drug-likeness (QED) is 0.819. The van der Waals surface area contributed by atoms with Gasteiger partial charge in [-0.25, -0.2) is 9.67 Å². The lowest BCUT2D eigenvalue weighted by Crippen LogP contribution is -2.33. The van der Waals surface area contributed by atoms with E-state index in [1.807, 2.05) is 22.9 Å². The van der Waals surface area contributed by atoms with Crippen molar-refractivity contribution >= 4 is 11.6 Å². The molecule has 0 aliphatic heterocycles. The highest BCUT2D eigenvalue weighted by atomic mass is 35.5. The minimum atomic E-state index is -0.0179. The third kappa shape index (κ3) is 3.29. The van der Waals surface area contributed by atoms with Crippen LogP contribution in [0.3, 0.4) is 0 Å². The van der Waals surface area contributed by atoms with E-state index in [1.165, 1.54) is 0 Å². The molecule has 4 nitrogen and oxygen atoms in total. The molecule has 3 rings (SSSR count). The average molecular weight is 316 g/mol. The molecule has 0 radical (unpaired) electrons. The molecule has 1 aliphatic carbocycles. The number of halogens is 1. The highest BCUT2D eigenvalue weighted by Gasteiger charge is 2.30. The van der Waals surface area contributed by atoms with Gasteiger partial charge in [-0.05, 0) is 24.1 Å². The Balaban J connectivity index is 1.89. The van der Waals surface area contributed by atoms with Crippen LogP contribution >= 0.6 is 11.6 Å². The molecule has 2 unspecified atom stereocenters. The molecule has 1 aliphatic rings. The Hall–Kier alpha value is -1.91. The van der Waals surface area contributed by atoms with Gasteiger partial charge >= 0.3 is 0 Å². The Kier molecular flexibility index (Phi) is 4.71. The van der Waals surface area contributed by atoms with Gasteiger partial charge in [0.15, 0.2) is 0 Å². The van der Waals surface area contributed by atoms with Crippen LogP contribution in [0.15, 0.2) is 61.2 Å². The third-order valence-electron chi connectivity index (χ3n) is 3.92. The van der Waals surface area contributed by atoms with Crippen LogP contribution in [0.1, 0.15) is 11.6 Å². The zero-order chi connectivity index (χ0) is 15.4. The van der Waals surface area contributed by atoms with Crippen LogP contribution in [0.25, 0.3) is 0 Å². The van der Waals surface area contributed by atoms with Crippen molar-refractivity contribution in [2.24, 2.45) is 5.92 Å². The molecule has 1 heterocycles. The van der Waals surface area contributed by atoms with Gasteiger partial charge in [-0.2, -0.15) is 5.10 Å². The second-order valence-electron chi connectivity index (χ2n) is 5.32. The van der Waals surface area contributed by atoms with E-state index in [9.17, 15) is 0 Å². The largest absolute Gasteiger partial charge is 0.378 e. The molecule has 0 saturated carbocycles. The first kappa shape index (κ1) is 15.0. The highest BCUT2D eigenvalue weighted by molar-refractivity contribution is 6.30. The van der Waals surface area contributed by atoms with Crippen molar-refractivity contribution in [1.29, 1.82) is 0 Å². The molecular formula is C17H18ClN3O. The van der Waals surface area contributed by atoms with Crippen molar-refractivity contribution in [3.63, 3.8) is 0 Å². The van der Waals surface area contributed by atoms with Gasteiger partial charge in [0, 0.05) is 18.1 Å². The Morgan fingerprint density at radius 2 is 2.14 bits per heavy atom. The van der Waals surface area contributed by atoms with Crippen LogP contribution in [0.5, 0.6) is 0 Å². The topological polar surface area (TPSA) is 39.9 Å². The van der Waals surface area contributed by atoms with Crippen molar-refractivity contribution in [2.45, 2.75) is 18.6 Å². The first-order valence-corrected chi connectivity index (χ1v) is 7.62. The summed E-state index contributed by atoms with van der Waals surface area (Å²) in [6.07, 6.45) is 12.5. The van der Waals surface area contributed by atoms with E-state index in [1.54, 1.807) is 19.8 Å². The van der Waals surface area contributed by atoms with Crippen molar-refractivity contribution in [1.82, 2.24) is 14.8 Å². The van der Waals surface area contributed by atoms with Gasteiger partial charge < -0.3 is 4.74 Å². The predicted octanol–water partition coefficient (Wildman–Crippen LogP) is 3.47. The maximum atomic E-state index is 6.11. The molecular weight excluding hydrogens is 298 g/mol. The molecule has 2 atom stereocenters. The Bertz CT molecular complexity index is 654. The predicted molar refractivity (Wildman–Crippen MR) is 86.8 cm³/mol. The zero-order valence-electron chi connectivity index (χ0n) is 12.3. The van der Waals surface area contributed by atoms with Crippen molar-refractivity contribution in [3.8, 4) is 0 Å². The van der Waals surface area contributed by atoms with E-state index in [2.05, 4.69) is 40.5 Å². The number of nitrogens with zero attached hydrogens (tertiary/aromatic N) is 3. The summed E-state index contributed by atoms with van der Waals surface area (Å²) in [6, 6.07) is 7.95. The van der Waals surface area contributed by atoms with E-state index < -0.39 is 0 Å². The van der Waals surface area contributed by atoms with E-state index in [-0.39, 0.29) is 18.1 Å². The number of benzene rings is 1. The van der Waals surface area contributed by atoms with E-state index in [0.717, 1.165) is 17.0 Å². The summed E-state index contributed by atoms with van der Waals surface area (Å²) in [5, 5.41) is 5.06. The monoisotopic (exact) mass is 315 g/mol. The first-order chi connectivity index (χ1) is 10.8. The second-order valence-corrected chi connectivity index (χ2v) is 5.76. The lowest BCUT2D eigenvalue weighted by molar-refractivity contribution is 0.0337. The fourth-order valence-electron chi connectivity index (χ4n) is 2.89. The van der Waals surface area contributed by atoms with Gasteiger partial charge in [-0.3, -0.25) is 0 Å². The van der Waals surface area contributed by atoms with E-state index in [4.69, 9.17) is 16.3 Å². The van der Waals surface area contributed by atoms with Crippen LogP contribution in [-0.2, 0) is 11.2 Å². The van der Waals surface area contributed by atoms with Gasteiger partial charge in [-0.15, -0.1) is 0 Å². The summed E-state index contributed by atoms with van der Waals surface area (Å²) >= 11 is 6.11. The number of allylic oxidation sites excluding steroid dienone is 2. The molecule has 0 amide bonds. The molecule has 0 N–H and O–H groups in total. The van der Waals surface area contributed by atoms with Crippen LogP contribution in [0.4, 0.5) is 0 Å². The Labute approximate surface area is 135 Å². The average Bonchev–Trinajstić information content (AvgIpc) is 3.21. The van der Waals surface area contributed by atoms with Crippen molar-refractivity contribution in [2.75, 3.05) is 7.11 Å².